The normalized spacial score (nSPS) is 11.0. The van der Waals surface area contributed by atoms with Crippen molar-refractivity contribution in [1.29, 1.82) is 0 Å². The fourth-order valence-corrected chi connectivity index (χ4v) is 1.74. The highest BCUT2D eigenvalue weighted by atomic mass is 14.0. The highest BCUT2D eigenvalue weighted by Crippen LogP contribution is 2.16. The van der Waals surface area contributed by atoms with Gasteiger partial charge in [-0.3, -0.25) is 0 Å². The van der Waals surface area contributed by atoms with Gasteiger partial charge in [0.25, 0.3) is 0 Å². The molecule has 0 N–H and O–H groups in total. The Morgan fingerprint density at radius 2 is 1.75 bits per heavy atom. The molecule has 0 radical (unpaired) electrons. The first-order valence-electron chi connectivity index (χ1n) is 5.66. The van der Waals surface area contributed by atoms with Gasteiger partial charge < -0.3 is 0 Å². The average molecular weight is 208 g/mol. The molecule has 2 aromatic carbocycles. The fourth-order valence-electron chi connectivity index (χ4n) is 1.74. The van der Waals surface area contributed by atoms with Crippen LogP contribution >= 0.6 is 0 Å². The Hall–Kier alpha value is -1.82. The molecule has 0 fully saturated rings. The first kappa shape index (κ1) is 10.7. The molecule has 0 unspecified atom stereocenters. The summed E-state index contributed by atoms with van der Waals surface area (Å²) in [5.74, 6) is 0. The van der Waals surface area contributed by atoms with E-state index in [1.165, 1.54) is 16.3 Å². The molecular weight excluding hydrogens is 192 g/mol. The summed E-state index contributed by atoms with van der Waals surface area (Å²) in [4.78, 5) is 0. The summed E-state index contributed by atoms with van der Waals surface area (Å²) >= 11 is 0. The van der Waals surface area contributed by atoms with Crippen LogP contribution in [0.3, 0.4) is 0 Å². The smallest absolute Gasteiger partial charge is 0.0178 e. The molecule has 0 atom stereocenters. The molecule has 0 aromatic heterocycles. The first-order valence-corrected chi connectivity index (χ1v) is 5.66. The number of hydrogen-bond acceptors (Lipinski definition) is 0. The Morgan fingerprint density at radius 3 is 2.56 bits per heavy atom. The van der Waals surface area contributed by atoms with Crippen molar-refractivity contribution in [2.24, 2.45) is 0 Å². The lowest BCUT2D eigenvalue weighted by molar-refractivity contribution is 1.06. The van der Waals surface area contributed by atoms with Gasteiger partial charge in [-0.05, 0) is 35.2 Å². The lowest BCUT2D eigenvalue weighted by atomic mass is 10.1. The van der Waals surface area contributed by atoms with Crippen LogP contribution in [0.25, 0.3) is 16.8 Å². The topological polar surface area (TPSA) is 0 Å². The van der Waals surface area contributed by atoms with Crippen molar-refractivity contribution in [2.45, 2.75) is 12.8 Å². The van der Waals surface area contributed by atoms with Crippen LogP contribution in [0.15, 0.2) is 61.2 Å². The maximum Gasteiger partial charge on any atom is -0.0178 e. The molecular formula is C16H16. The molecule has 0 saturated carbocycles. The minimum Gasteiger partial charge on any atom is -0.103 e. The predicted octanol–water partition coefficient (Wildman–Crippen LogP) is 4.82. The van der Waals surface area contributed by atoms with E-state index in [2.05, 4.69) is 61.2 Å². The average Bonchev–Trinajstić information content (AvgIpc) is 2.34. The predicted molar refractivity (Wildman–Crippen MR) is 72.4 cm³/mol. The van der Waals surface area contributed by atoms with Crippen LogP contribution in [0.2, 0.25) is 0 Å². The van der Waals surface area contributed by atoms with E-state index in [9.17, 15) is 0 Å². The van der Waals surface area contributed by atoms with Crippen LogP contribution in [-0.4, -0.2) is 0 Å². The van der Waals surface area contributed by atoms with Crippen LogP contribution in [0.1, 0.15) is 18.4 Å². The zero-order valence-electron chi connectivity index (χ0n) is 9.39. The molecule has 80 valence electrons. The Morgan fingerprint density at radius 1 is 0.938 bits per heavy atom. The van der Waals surface area contributed by atoms with Crippen molar-refractivity contribution in [2.75, 3.05) is 0 Å². The van der Waals surface area contributed by atoms with Crippen molar-refractivity contribution in [3.63, 3.8) is 0 Å². The number of allylic oxidation sites excluding steroid dienone is 2. The minimum absolute atomic E-state index is 1.05. The summed E-state index contributed by atoms with van der Waals surface area (Å²) in [7, 11) is 0. The minimum atomic E-state index is 1.05. The molecule has 0 aliphatic heterocycles. The van der Waals surface area contributed by atoms with E-state index in [1.807, 2.05) is 6.08 Å². The highest BCUT2D eigenvalue weighted by Gasteiger charge is 1.92. The van der Waals surface area contributed by atoms with Crippen LogP contribution in [0.5, 0.6) is 0 Å². The molecule has 2 rings (SSSR count). The van der Waals surface area contributed by atoms with Gasteiger partial charge in [0.05, 0.1) is 0 Å². The Bertz CT molecular complexity index is 506. The maximum atomic E-state index is 3.71. The van der Waals surface area contributed by atoms with Gasteiger partial charge in [0.15, 0.2) is 0 Å². The lowest BCUT2D eigenvalue weighted by Crippen LogP contribution is -1.75. The summed E-state index contributed by atoms with van der Waals surface area (Å²) < 4.78 is 0. The molecule has 2 aromatic rings. The maximum absolute atomic E-state index is 3.71. The van der Waals surface area contributed by atoms with E-state index in [0.29, 0.717) is 0 Å². The van der Waals surface area contributed by atoms with Crippen molar-refractivity contribution in [3.8, 4) is 0 Å². The molecule has 0 heterocycles. The summed E-state index contributed by atoms with van der Waals surface area (Å²) in [6.45, 7) is 3.71. The zero-order valence-corrected chi connectivity index (χ0v) is 9.39. The van der Waals surface area contributed by atoms with Crippen molar-refractivity contribution in [1.82, 2.24) is 0 Å². The van der Waals surface area contributed by atoms with Gasteiger partial charge in [-0.25, -0.2) is 0 Å². The lowest BCUT2D eigenvalue weighted by Gasteiger charge is -1.98. The summed E-state index contributed by atoms with van der Waals surface area (Å²) in [6.07, 6.45) is 8.44. The largest absolute Gasteiger partial charge is 0.103 e. The number of hydrogen-bond donors (Lipinski definition) is 0. The second-order valence-corrected chi connectivity index (χ2v) is 3.87. The van der Waals surface area contributed by atoms with E-state index in [-0.39, 0.29) is 0 Å². The second kappa shape index (κ2) is 5.32. The third kappa shape index (κ3) is 2.60. The zero-order chi connectivity index (χ0) is 11.2. The van der Waals surface area contributed by atoms with E-state index < -0.39 is 0 Å². The fraction of sp³-hybridized carbons (Fsp3) is 0.125. The van der Waals surface area contributed by atoms with Crippen LogP contribution in [0, 0.1) is 0 Å². The number of rotatable bonds is 4. The molecule has 0 aliphatic carbocycles. The summed E-state index contributed by atoms with van der Waals surface area (Å²) in [6, 6.07) is 15.0. The number of fused-ring (bicyclic) bond motifs is 1. The second-order valence-electron chi connectivity index (χ2n) is 3.87. The highest BCUT2D eigenvalue weighted by molar-refractivity contribution is 5.84. The molecule has 0 aliphatic rings. The summed E-state index contributed by atoms with van der Waals surface area (Å²) in [5, 5.41) is 2.60. The molecule has 16 heavy (non-hydrogen) atoms. The first-order chi connectivity index (χ1) is 7.90. The molecule has 0 nitrogen and oxygen atoms in total. The van der Waals surface area contributed by atoms with Gasteiger partial charge in [-0.1, -0.05) is 54.6 Å². The van der Waals surface area contributed by atoms with Gasteiger partial charge in [-0.2, -0.15) is 0 Å². The van der Waals surface area contributed by atoms with Gasteiger partial charge in [0, 0.05) is 0 Å². The molecule has 0 heteroatoms. The quantitative estimate of drug-likeness (QED) is 0.499. The Labute approximate surface area is 96.9 Å². The van der Waals surface area contributed by atoms with E-state index in [1.54, 1.807) is 0 Å². The van der Waals surface area contributed by atoms with Crippen LogP contribution in [-0.2, 0) is 0 Å². The number of benzene rings is 2. The van der Waals surface area contributed by atoms with E-state index in [4.69, 9.17) is 0 Å². The molecule has 0 spiro atoms. The Kier molecular flexibility index (Phi) is 3.55. The third-order valence-electron chi connectivity index (χ3n) is 2.62. The standard InChI is InChI=1S/C16H16/c1-2-3-4-5-8-14-11-12-15-9-6-7-10-16(15)13-14/h2,5-13H,1,3-4H2/b8-5+. The monoisotopic (exact) mass is 208 g/mol. The number of unbranched alkanes of at least 4 members (excludes halogenated alkanes) is 1. The van der Waals surface area contributed by atoms with Gasteiger partial charge in [-0.15, -0.1) is 6.58 Å². The Balaban J connectivity index is 2.19. The van der Waals surface area contributed by atoms with Crippen molar-refractivity contribution < 1.29 is 0 Å². The summed E-state index contributed by atoms with van der Waals surface area (Å²) in [5.41, 5.74) is 1.27. The molecule has 0 bridgehead atoms. The van der Waals surface area contributed by atoms with Gasteiger partial charge >= 0.3 is 0 Å². The van der Waals surface area contributed by atoms with Gasteiger partial charge in [0.1, 0.15) is 0 Å². The van der Waals surface area contributed by atoms with Crippen molar-refractivity contribution >= 4 is 16.8 Å². The molecule has 0 amide bonds. The van der Waals surface area contributed by atoms with Gasteiger partial charge in [0.2, 0.25) is 0 Å². The van der Waals surface area contributed by atoms with E-state index in [0.717, 1.165) is 12.8 Å². The van der Waals surface area contributed by atoms with Crippen LogP contribution in [0.4, 0.5) is 0 Å². The SMILES string of the molecule is C=CCC/C=C/c1ccc2ccccc2c1. The third-order valence-corrected chi connectivity index (χ3v) is 2.62. The van der Waals surface area contributed by atoms with E-state index >= 15 is 0 Å². The van der Waals surface area contributed by atoms with Crippen molar-refractivity contribution in [3.05, 3.63) is 66.8 Å². The van der Waals surface area contributed by atoms with Crippen LogP contribution < -0.4 is 0 Å². The molecule has 0 saturated heterocycles.